The molecule has 80 valence electrons. The molecule has 0 saturated heterocycles. The molecule has 0 atom stereocenters. The van der Waals surface area contributed by atoms with Crippen LogP contribution in [0.3, 0.4) is 0 Å². The fourth-order valence-corrected chi connectivity index (χ4v) is 0. The molecule has 0 spiro atoms. The third-order valence-corrected chi connectivity index (χ3v) is 0. The van der Waals surface area contributed by atoms with Crippen molar-refractivity contribution in [1.29, 1.82) is 0 Å². The summed E-state index contributed by atoms with van der Waals surface area (Å²) < 4.78 is 25.9. The van der Waals surface area contributed by atoms with Crippen LogP contribution in [0.25, 0.3) is 0 Å². The molecular formula is H7F7KO3Ta. The zero-order valence-corrected chi connectivity index (χ0v) is 11.9. The fraction of sp³-hybridized carbons (Fsp3) is 0. The van der Waals surface area contributed by atoms with Gasteiger partial charge in [-0.15, -0.1) is 0 Å². The normalized spacial score (nSPS) is 2.08. The predicted octanol–water partition coefficient (Wildman–Crippen LogP) is -3.36. The van der Waals surface area contributed by atoms with E-state index >= 15 is 0 Å². The van der Waals surface area contributed by atoms with Crippen LogP contribution in [0.1, 0.15) is 0 Å². The Morgan fingerprint density at radius 3 is 0.667 bits per heavy atom. The van der Waals surface area contributed by atoms with Gasteiger partial charge in [0.1, 0.15) is 0 Å². The average molecular weight is 408 g/mol. The zero-order chi connectivity index (χ0) is 3.58. The second-order valence-electron chi connectivity index (χ2n) is 0.224. The molecule has 3 nitrogen and oxygen atoms in total. The van der Waals surface area contributed by atoms with Crippen molar-refractivity contribution in [3.05, 3.63) is 0 Å². The summed E-state index contributed by atoms with van der Waals surface area (Å²) in [7, 11) is 0. The number of halogens is 7. The van der Waals surface area contributed by atoms with E-state index in [0.717, 1.165) is 0 Å². The van der Waals surface area contributed by atoms with Crippen LogP contribution in [-0.2, 0) is 25.3 Å². The number of rotatable bonds is 0. The molecule has 0 rings (SSSR count). The molecule has 0 radical (unpaired) electrons. The van der Waals surface area contributed by atoms with Crippen LogP contribution in [0, 0.1) is 0 Å². The van der Waals surface area contributed by atoms with E-state index < -0.39 is 18.8 Å². The average Bonchev–Trinajstić information content (AvgIpc) is 0.811. The summed E-state index contributed by atoms with van der Waals surface area (Å²) in [4.78, 5) is 0. The summed E-state index contributed by atoms with van der Waals surface area (Å²) >= 11 is -4.34. The van der Waals surface area contributed by atoms with E-state index in [1.54, 1.807) is 0 Å². The van der Waals surface area contributed by atoms with Gasteiger partial charge in [0.2, 0.25) is 0 Å². The van der Waals surface area contributed by atoms with Gasteiger partial charge in [-0.3, -0.25) is 32.9 Å². The van der Waals surface area contributed by atoms with Gasteiger partial charge in [0.25, 0.3) is 0 Å². The minimum atomic E-state index is -4.34. The second kappa shape index (κ2) is 82.5. The van der Waals surface area contributed by atoms with Gasteiger partial charge in [0.05, 0.1) is 0 Å². The first kappa shape index (κ1) is 105. The predicted molar refractivity (Wildman–Crippen MR) is 18.9 cm³/mol. The van der Waals surface area contributed by atoms with Crippen molar-refractivity contribution in [2.24, 2.45) is 0 Å². The molecule has 0 aliphatic carbocycles. The Morgan fingerprint density at radius 2 is 0.667 bits per heavy atom. The van der Waals surface area contributed by atoms with E-state index in [1.807, 2.05) is 0 Å². The van der Waals surface area contributed by atoms with Gasteiger partial charge < -0.3 is 0 Å². The zero-order valence-electron chi connectivity index (χ0n) is 5.53. The molecule has 0 heterocycles. The molecule has 0 aromatic carbocycles. The van der Waals surface area contributed by atoms with Crippen LogP contribution in [0.4, 0.5) is 32.9 Å². The Hall–Kier alpha value is 1.45. The van der Waals surface area contributed by atoms with Crippen molar-refractivity contribution in [2.45, 2.75) is 0 Å². The van der Waals surface area contributed by atoms with E-state index in [9.17, 15) is 0 Å². The summed E-state index contributed by atoms with van der Waals surface area (Å²) in [6.07, 6.45) is 0. The van der Waals surface area contributed by atoms with Crippen LogP contribution < -0.4 is 55.0 Å². The first-order valence-electron chi connectivity index (χ1n) is 0.548. The molecule has 0 saturated carbocycles. The van der Waals surface area contributed by atoms with Crippen molar-refractivity contribution in [2.75, 3.05) is 0 Å². The van der Waals surface area contributed by atoms with Crippen molar-refractivity contribution >= 4 is 0 Å². The third kappa shape index (κ3) is 597. The van der Waals surface area contributed by atoms with Crippen molar-refractivity contribution in [1.82, 2.24) is 0 Å². The molecule has 0 fully saturated rings. The Balaban J connectivity index is -0.00000000161. The SMILES string of the molecule is F.F.F.F.F.F.F.[K+].[O]=[Ta](=[O])[O-]. The summed E-state index contributed by atoms with van der Waals surface area (Å²) in [5.41, 5.74) is 0. The second-order valence-corrected chi connectivity index (χ2v) is 1.83. The number of hydrogen-bond donors (Lipinski definition) is 0. The van der Waals surface area contributed by atoms with Crippen LogP contribution in [0.15, 0.2) is 0 Å². The summed E-state index contributed by atoms with van der Waals surface area (Å²) in [5, 5.41) is 0. The van der Waals surface area contributed by atoms with Crippen LogP contribution >= 0.6 is 0 Å². The Labute approximate surface area is 112 Å². The Bertz CT molecular complexity index is 67.1. The molecular weight excluding hydrogens is 401 g/mol. The molecule has 0 N–H and O–H groups in total. The molecule has 0 aromatic rings. The maximum atomic E-state index is 8.62. The van der Waals surface area contributed by atoms with E-state index in [1.165, 1.54) is 0 Å². The van der Waals surface area contributed by atoms with Crippen LogP contribution in [-0.4, -0.2) is 0 Å². The van der Waals surface area contributed by atoms with E-state index in [2.05, 4.69) is 0 Å². The fourth-order valence-electron chi connectivity index (χ4n) is 0. The summed E-state index contributed by atoms with van der Waals surface area (Å²) in [6.45, 7) is 0. The van der Waals surface area contributed by atoms with Crippen LogP contribution in [0.2, 0.25) is 0 Å². The monoisotopic (exact) mass is 408 g/mol. The van der Waals surface area contributed by atoms with Gasteiger partial charge >= 0.3 is 80.3 Å². The minimum absolute atomic E-state index is 0. The molecule has 0 unspecified atom stereocenters. The van der Waals surface area contributed by atoms with Crippen molar-refractivity contribution < 1.29 is 113 Å². The molecule has 0 aliphatic rings. The summed E-state index contributed by atoms with van der Waals surface area (Å²) in [6, 6.07) is 0. The Kier molecular flexibility index (Phi) is 724. The first-order valence-corrected chi connectivity index (χ1v) is 4.48. The van der Waals surface area contributed by atoms with Crippen LogP contribution in [0.5, 0.6) is 0 Å². The van der Waals surface area contributed by atoms with E-state index in [0.29, 0.717) is 0 Å². The topological polar surface area (TPSA) is 57.2 Å². The van der Waals surface area contributed by atoms with Gasteiger partial charge in [-0.1, -0.05) is 0 Å². The van der Waals surface area contributed by atoms with Gasteiger partial charge in [-0.2, -0.15) is 0 Å². The van der Waals surface area contributed by atoms with Gasteiger partial charge in [-0.25, -0.2) is 0 Å². The quantitative estimate of drug-likeness (QED) is 0.311. The maximum absolute atomic E-state index is 8.62. The van der Waals surface area contributed by atoms with Gasteiger partial charge in [0, 0.05) is 0 Å². The molecule has 12 heavy (non-hydrogen) atoms. The molecule has 0 aromatic heterocycles. The van der Waals surface area contributed by atoms with E-state index in [4.69, 9.17) is 10.1 Å². The van der Waals surface area contributed by atoms with E-state index in [-0.39, 0.29) is 84.3 Å². The molecule has 0 bridgehead atoms. The molecule has 0 amide bonds. The van der Waals surface area contributed by atoms with Gasteiger partial charge in [-0.05, 0) is 0 Å². The Morgan fingerprint density at radius 1 is 0.667 bits per heavy atom. The molecule has 12 heteroatoms. The summed E-state index contributed by atoms with van der Waals surface area (Å²) in [5.74, 6) is 0. The molecule has 0 aliphatic heterocycles. The third-order valence-electron chi connectivity index (χ3n) is 0. The van der Waals surface area contributed by atoms with Gasteiger partial charge in [0.15, 0.2) is 0 Å². The first-order chi connectivity index (χ1) is 1.73. The number of hydrogen-bond acceptors (Lipinski definition) is 3. The standard InChI is InChI=1S/7FH.K.3O.Ta/h7*1H;;;;;/q;;;;;;;+1;;;-1;. The van der Waals surface area contributed by atoms with Crippen molar-refractivity contribution in [3.63, 3.8) is 0 Å². The van der Waals surface area contributed by atoms with Crippen molar-refractivity contribution in [3.8, 4) is 0 Å².